The number of nitrogens with zero attached hydrogens (tertiary/aromatic N) is 3. The second-order valence-electron chi connectivity index (χ2n) is 4.63. The summed E-state index contributed by atoms with van der Waals surface area (Å²) >= 11 is 0. The molecule has 0 fully saturated rings. The van der Waals surface area contributed by atoms with Gasteiger partial charge in [-0.05, 0) is 38.3 Å². The monoisotopic (exact) mass is 256 g/mol. The molecular weight excluding hydrogens is 236 g/mol. The van der Waals surface area contributed by atoms with E-state index in [9.17, 15) is 0 Å². The molecule has 0 bridgehead atoms. The molecule has 0 aromatic carbocycles. The lowest BCUT2D eigenvalue weighted by molar-refractivity contribution is 0.988. The third-order valence-electron chi connectivity index (χ3n) is 2.93. The van der Waals surface area contributed by atoms with Crippen LogP contribution in [-0.2, 0) is 6.42 Å². The van der Waals surface area contributed by atoms with Crippen molar-refractivity contribution >= 4 is 5.82 Å². The Labute approximate surface area is 114 Å². The quantitative estimate of drug-likeness (QED) is 0.913. The fourth-order valence-electron chi connectivity index (χ4n) is 2.01. The van der Waals surface area contributed by atoms with E-state index in [0.29, 0.717) is 5.82 Å². The summed E-state index contributed by atoms with van der Waals surface area (Å²) in [5.74, 6) is 1.57. The van der Waals surface area contributed by atoms with Crippen LogP contribution < -0.4 is 5.32 Å². The number of aryl methyl sites for hydroxylation is 3. The van der Waals surface area contributed by atoms with Gasteiger partial charge in [-0.3, -0.25) is 4.98 Å². The molecule has 2 heterocycles. The number of rotatable bonds is 4. The van der Waals surface area contributed by atoms with Crippen LogP contribution in [0, 0.1) is 13.8 Å². The zero-order valence-electron chi connectivity index (χ0n) is 12.0. The summed E-state index contributed by atoms with van der Waals surface area (Å²) in [6.45, 7) is 9.08. The number of anilines is 1. The Morgan fingerprint density at radius 3 is 2.53 bits per heavy atom. The minimum absolute atomic E-state index is 0.702. The highest BCUT2D eigenvalue weighted by Gasteiger charge is 2.10. The Morgan fingerprint density at radius 1 is 1.11 bits per heavy atom. The van der Waals surface area contributed by atoms with Gasteiger partial charge in [0.2, 0.25) is 0 Å². The molecule has 0 aliphatic carbocycles. The Balaban J connectivity index is 2.51. The highest BCUT2D eigenvalue weighted by molar-refractivity contribution is 5.57. The van der Waals surface area contributed by atoms with Crippen molar-refractivity contribution in [2.24, 2.45) is 0 Å². The average Bonchev–Trinajstić information content (AvgIpc) is 2.38. The van der Waals surface area contributed by atoms with Crippen LogP contribution in [0.25, 0.3) is 11.5 Å². The zero-order valence-corrected chi connectivity index (χ0v) is 12.0. The van der Waals surface area contributed by atoms with Crippen LogP contribution >= 0.6 is 0 Å². The van der Waals surface area contributed by atoms with Crippen LogP contribution in [0.15, 0.2) is 18.3 Å². The van der Waals surface area contributed by atoms with Gasteiger partial charge in [-0.15, -0.1) is 0 Å². The van der Waals surface area contributed by atoms with E-state index < -0.39 is 0 Å². The summed E-state index contributed by atoms with van der Waals surface area (Å²) < 4.78 is 0. The average molecular weight is 256 g/mol. The highest BCUT2D eigenvalue weighted by Crippen LogP contribution is 2.20. The molecule has 0 saturated heterocycles. The molecular formula is C15H20N4. The Bertz CT molecular complexity index is 578. The van der Waals surface area contributed by atoms with E-state index in [0.717, 1.165) is 41.3 Å². The predicted molar refractivity (Wildman–Crippen MR) is 78.3 cm³/mol. The predicted octanol–water partition coefficient (Wildman–Crippen LogP) is 3.15. The highest BCUT2D eigenvalue weighted by atomic mass is 15.0. The van der Waals surface area contributed by atoms with Gasteiger partial charge < -0.3 is 5.32 Å². The van der Waals surface area contributed by atoms with Crippen molar-refractivity contribution in [3.63, 3.8) is 0 Å². The summed E-state index contributed by atoms with van der Waals surface area (Å²) in [5, 5.41) is 3.24. The first-order chi connectivity index (χ1) is 9.13. The first-order valence-electron chi connectivity index (χ1n) is 6.69. The summed E-state index contributed by atoms with van der Waals surface area (Å²) in [5.41, 5.74) is 4.15. The van der Waals surface area contributed by atoms with Gasteiger partial charge in [-0.2, -0.15) is 0 Å². The first-order valence-corrected chi connectivity index (χ1v) is 6.69. The van der Waals surface area contributed by atoms with Gasteiger partial charge in [0.25, 0.3) is 0 Å². The van der Waals surface area contributed by atoms with Crippen LogP contribution in [0.2, 0.25) is 0 Å². The van der Waals surface area contributed by atoms with Gasteiger partial charge >= 0.3 is 0 Å². The summed E-state index contributed by atoms with van der Waals surface area (Å²) in [6.07, 6.45) is 2.75. The molecule has 0 aliphatic rings. The van der Waals surface area contributed by atoms with Crippen molar-refractivity contribution in [1.29, 1.82) is 0 Å². The zero-order chi connectivity index (χ0) is 13.8. The number of hydrogen-bond donors (Lipinski definition) is 1. The van der Waals surface area contributed by atoms with E-state index in [4.69, 9.17) is 0 Å². The number of nitrogens with one attached hydrogen (secondary N) is 1. The number of hydrogen-bond acceptors (Lipinski definition) is 4. The van der Waals surface area contributed by atoms with Gasteiger partial charge in [0, 0.05) is 24.5 Å². The second kappa shape index (κ2) is 5.78. The molecule has 0 saturated carbocycles. The molecule has 4 heteroatoms. The normalized spacial score (nSPS) is 10.5. The first kappa shape index (κ1) is 13.5. The fraction of sp³-hybridized carbons (Fsp3) is 0.400. The van der Waals surface area contributed by atoms with E-state index in [-0.39, 0.29) is 0 Å². The van der Waals surface area contributed by atoms with Gasteiger partial charge in [0.05, 0.1) is 0 Å². The molecule has 0 unspecified atom stereocenters. The molecule has 2 rings (SSSR count). The third kappa shape index (κ3) is 3.08. The molecule has 0 radical (unpaired) electrons. The lowest BCUT2D eigenvalue weighted by atomic mass is 10.1. The van der Waals surface area contributed by atoms with Crippen molar-refractivity contribution in [1.82, 2.24) is 15.0 Å². The van der Waals surface area contributed by atoms with Crippen molar-refractivity contribution in [2.75, 3.05) is 11.9 Å². The third-order valence-corrected chi connectivity index (χ3v) is 2.93. The van der Waals surface area contributed by atoms with E-state index in [1.54, 1.807) is 0 Å². The maximum absolute atomic E-state index is 4.58. The smallest absolute Gasteiger partial charge is 0.180 e. The summed E-state index contributed by atoms with van der Waals surface area (Å²) in [4.78, 5) is 13.6. The van der Waals surface area contributed by atoms with Crippen molar-refractivity contribution in [2.45, 2.75) is 34.1 Å². The molecule has 2 aromatic heterocycles. The van der Waals surface area contributed by atoms with E-state index in [1.165, 1.54) is 0 Å². The van der Waals surface area contributed by atoms with Gasteiger partial charge in [0.15, 0.2) is 5.82 Å². The Morgan fingerprint density at radius 2 is 1.89 bits per heavy atom. The molecule has 1 N–H and O–H groups in total. The molecule has 100 valence electrons. The van der Waals surface area contributed by atoms with Crippen LogP contribution in [0.4, 0.5) is 5.82 Å². The number of pyridine rings is 1. The molecule has 4 nitrogen and oxygen atoms in total. The Hall–Kier alpha value is -1.97. The molecule has 0 spiro atoms. The largest absolute Gasteiger partial charge is 0.370 e. The van der Waals surface area contributed by atoms with Crippen molar-refractivity contribution in [3.8, 4) is 11.5 Å². The molecule has 0 amide bonds. The van der Waals surface area contributed by atoms with E-state index in [2.05, 4.69) is 40.2 Å². The van der Waals surface area contributed by atoms with E-state index in [1.807, 2.05) is 26.1 Å². The maximum Gasteiger partial charge on any atom is 0.180 e. The Kier molecular flexibility index (Phi) is 4.10. The van der Waals surface area contributed by atoms with Gasteiger partial charge in [-0.25, -0.2) is 9.97 Å². The minimum Gasteiger partial charge on any atom is -0.370 e. The fourth-order valence-corrected chi connectivity index (χ4v) is 2.01. The van der Waals surface area contributed by atoms with Gasteiger partial charge in [0.1, 0.15) is 11.5 Å². The van der Waals surface area contributed by atoms with Crippen LogP contribution in [0.5, 0.6) is 0 Å². The summed E-state index contributed by atoms with van der Waals surface area (Å²) in [7, 11) is 0. The van der Waals surface area contributed by atoms with Crippen LogP contribution in [0.3, 0.4) is 0 Å². The van der Waals surface area contributed by atoms with Gasteiger partial charge in [-0.1, -0.05) is 13.0 Å². The SMILES string of the molecule is CCNc1cc(CC)nc(-c2ncc(C)cc2C)n1. The number of aromatic nitrogens is 3. The molecule has 2 aromatic rings. The second-order valence-corrected chi connectivity index (χ2v) is 4.63. The van der Waals surface area contributed by atoms with Crippen LogP contribution in [-0.4, -0.2) is 21.5 Å². The van der Waals surface area contributed by atoms with Crippen molar-refractivity contribution < 1.29 is 0 Å². The summed E-state index contributed by atoms with van der Waals surface area (Å²) in [6, 6.07) is 4.10. The molecule has 19 heavy (non-hydrogen) atoms. The maximum atomic E-state index is 4.58. The topological polar surface area (TPSA) is 50.7 Å². The standard InChI is InChI=1S/C15H20N4/c1-5-12-8-13(16-6-2)19-15(18-12)14-11(4)7-10(3)9-17-14/h7-9H,5-6H2,1-4H3,(H,16,18,19). The van der Waals surface area contributed by atoms with Crippen molar-refractivity contribution in [3.05, 3.63) is 35.2 Å². The van der Waals surface area contributed by atoms with Crippen LogP contribution in [0.1, 0.15) is 30.7 Å². The lowest BCUT2D eigenvalue weighted by Crippen LogP contribution is -2.05. The molecule has 0 atom stereocenters. The van der Waals surface area contributed by atoms with E-state index >= 15 is 0 Å². The minimum atomic E-state index is 0.702. The lowest BCUT2D eigenvalue weighted by Gasteiger charge is -2.09. The molecule has 0 aliphatic heterocycles.